The average molecular weight is 302 g/mol. The van der Waals surface area contributed by atoms with Gasteiger partial charge in [0, 0.05) is 32.2 Å². The molecule has 112 valence electrons. The number of aromatic nitrogens is 2. The highest BCUT2D eigenvalue weighted by Gasteiger charge is 2.25. The second-order valence-corrected chi connectivity index (χ2v) is 5.34. The van der Waals surface area contributed by atoms with Crippen LogP contribution in [0.3, 0.4) is 0 Å². The number of nitrogens with zero attached hydrogens (tertiary/aromatic N) is 3. The quantitative estimate of drug-likeness (QED) is 0.781. The Balaban J connectivity index is 1.97. The van der Waals surface area contributed by atoms with Gasteiger partial charge in [-0.1, -0.05) is 11.6 Å². The van der Waals surface area contributed by atoms with Crippen molar-refractivity contribution < 1.29 is 14.3 Å². The molecular weight excluding hydrogens is 282 g/mol. The average Bonchev–Trinajstić information content (AvgIpc) is 2.66. The molecule has 0 radical (unpaired) electrons. The SMILES string of the molecule is COC(=O)CC1CN(Cc2c(C)nn(C)c2Cl)CCO1. The molecule has 2 rings (SSSR count). The summed E-state index contributed by atoms with van der Waals surface area (Å²) < 4.78 is 11.9. The number of methoxy groups -OCH3 is 1. The number of hydrogen-bond donors (Lipinski definition) is 0. The lowest BCUT2D eigenvalue weighted by molar-refractivity contribution is -0.145. The van der Waals surface area contributed by atoms with Gasteiger partial charge in [0.15, 0.2) is 0 Å². The van der Waals surface area contributed by atoms with Crippen LogP contribution < -0.4 is 0 Å². The maximum atomic E-state index is 11.3. The van der Waals surface area contributed by atoms with Gasteiger partial charge in [0.2, 0.25) is 0 Å². The molecule has 0 amide bonds. The van der Waals surface area contributed by atoms with Crippen LogP contribution in [0, 0.1) is 6.92 Å². The molecule has 0 bridgehead atoms. The number of ether oxygens (including phenoxy) is 2. The summed E-state index contributed by atoms with van der Waals surface area (Å²) in [6.45, 7) is 4.80. The Bertz CT molecular complexity index is 489. The van der Waals surface area contributed by atoms with E-state index in [2.05, 4.69) is 14.7 Å². The van der Waals surface area contributed by atoms with Crippen LogP contribution in [0.1, 0.15) is 17.7 Å². The number of hydrogen-bond acceptors (Lipinski definition) is 5. The number of morpholine rings is 1. The van der Waals surface area contributed by atoms with Crippen molar-refractivity contribution in [2.75, 3.05) is 26.8 Å². The molecule has 20 heavy (non-hydrogen) atoms. The maximum Gasteiger partial charge on any atom is 0.308 e. The van der Waals surface area contributed by atoms with Gasteiger partial charge >= 0.3 is 5.97 Å². The molecule has 0 spiro atoms. The maximum absolute atomic E-state index is 11.3. The monoisotopic (exact) mass is 301 g/mol. The number of carbonyl (C=O) groups is 1. The summed E-state index contributed by atoms with van der Waals surface area (Å²) in [6, 6.07) is 0. The highest BCUT2D eigenvalue weighted by molar-refractivity contribution is 6.30. The van der Waals surface area contributed by atoms with Crippen molar-refractivity contribution >= 4 is 17.6 Å². The van der Waals surface area contributed by atoms with Crippen molar-refractivity contribution in [2.24, 2.45) is 7.05 Å². The van der Waals surface area contributed by atoms with Crippen LogP contribution in [0.4, 0.5) is 0 Å². The Morgan fingerprint density at radius 3 is 2.95 bits per heavy atom. The van der Waals surface area contributed by atoms with Gasteiger partial charge in [-0.3, -0.25) is 14.4 Å². The molecule has 1 atom stereocenters. The van der Waals surface area contributed by atoms with E-state index in [1.54, 1.807) is 4.68 Å². The number of aryl methyl sites for hydroxylation is 2. The molecule has 0 aliphatic carbocycles. The minimum atomic E-state index is -0.243. The second-order valence-electron chi connectivity index (χ2n) is 4.99. The van der Waals surface area contributed by atoms with Gasteiger partial charge in [-0.05, 0) is 6.92 Å². The fraction of sp³-hybridized carbons (Fsp3) is 0.692. The van der Waals surface area contributed by atoms with Crippen molar-refractivity contribution in [2.45, 2.75) is 26.0 Å². The van der Waals surface area contributed by atoms with Crippen LogP contribution in [0.25, 0.3) is 0 Å². The lowest BCUT2D eigenvalue weighted by Crippen LogP contribution is -2.43. The number of halogens is 1. The van der Waals surface area contributed by atoms with Crippen LogP contribution in [0.5, 0.6) is 0 Å². The molecule has 0 N–H and O–H groups in total. The zero-order chi connectivity index (χ0) is 14.7. The molecular formula is C13H20ClN3O3. The molecule has 7 heteroatoms. The standard InChI is InChI=1S/C13H20ClN3O3/c1-9-11(13(14)16(2)15-9)8-17-4-5-20-10(7-17)6-12(18)19-3/h10H,4-8H2,1-3H3. The summed E-state index contributed by atoms with van der Waals surface area (Å²) >= 11 is 6.24. The summed E-state index contributed by atoms with van der Waals surface area (Å²) in [7, 11) is 3.22. The Labute approximate surface area is 123 Å². The summed E-state index contributed by atoms with van der Waals surface area (Å²) in [6.07, 6.45) is 0.166. The van der Waals surface area contributed by atoms with Crippen molar-refractivity contribution in [3.8, 4) is 0 Å². The fourth-order valence-electron chi connectivity index (χ4n) is 2.39. The Morgan fingerprint density at radius 2 is 2.35 bits per heavy atom. The summed E-state index contributed by atoms with van der Waals surface area (Å²) in [5.41, 5.74) is 1.97. The van der Waals surface area contributed by atoms with E-state index in [0.29, 0.717) is 18.3 Å². The normalized spacial score (nSPS) is 20.1. The van der Waals surface area contributed by atoms with Crippen molar-refractivity contribution in [3.05, 3.63) is 16.4 Å². The van der Waals surface area contributed by atoms with E-state index in [9.17, 15) is 4.79 Å². The smallest absolute Gasteiger partial charge is 0.308 e. The Kier molecular flexibility index (Phi) is 5.01. The van der Waals surface area contributed by atoms with Gasteiger partial charge in [-0.2, -0.15) is 5.10 Å². The highest BCUT2D eigenvalue weighted by atomic mass is 35.5. The van der Waals surface area contributed by atoms with Crippen molar-refractivity contribution in [1.29, 1.82) is 0 Å². The van der Waals surface area contributed by atoms with E-state index >= 15 is 0 Å². The van der Waals surface area contributed by atoms with Gasteiger partial charge < -0.3 is 9.47 Å². The first-order chi connectivity index (χ1) is 9.51. The van der Waals surface area contributed by atoms with Gasteiger partial charge in [0.1, 0.15) is 5.15 Å². The van der Waals surface area contributed by atoms with Crippen molar-refractivity contribution in [3.63, 3.8) is 0 Å². The lowest BCUT2D eigenvalue weighted by Gasteiger charge is -2.32. The largest absolute Gasteiger partial charge is 0.469 e. The molecule has 1 saturated heterocycles. The second kappa shape index (κ2) is 6.56. The zero-order valence-corrected chi connectivity index (χ0v) is 12.8. The molecule has 0 saturated carbocycles. The molecule has 1 aliphatic rings. The molecule has 2 heterocycles. The first-order valence-corrected chi connectivity index (χ1v) is 6.97. The predicted molar refractivity (Wildman–Crippen MR) is 74.6 cm³/mol. The Hall–Kier alpha value is -1.11. The van der Waals surface area contributed by atoms with E-state index in [0.717, 1.165) is 24.3 Å². The third kappa shape index (κ3) is 3.50. The van der Waals surface area contributed by atoms with Crippen LogP contribution >= 0.6 is 11.6 Å². The first kappa shape index (κ1) is 15.3. The first-order valence-electron chi connectivity index (χ1n) is 6.60. The molecule has 1 fully saturated rings. The minimum absolute atomic E-state index is 0.119. The van der Waals surface area contributed by atoms with Crippen LogP contribution in [-0.4, -0.2) is 53.6 Å². The van der Waals surface area contributed by atoms with Crippen LogP contribution in [-0.2, 0) is 27.9 Å². The molecule has 6 nitrogen and oxygen atoms in total. The number of rotatable bonds is 4. The fourth-order valence-corrected chi connectivity index (χ4v) is 2.63. The van der Waals surface area contributed by atoms with E-state index in [-0.39, 0.29) is 18.5 Å². The molecule has 0 aromatic carbocycles. The number of carbonyl (C=O) groups excluding carboxylic acids is 1. The zero-order valence-electron chi connectivity index (χ0n) is 12.1. The lowest BCUT2D eigenvalue weighted by atomic mass is 10.1. The minimum Gasteiger partial charge on any atom is -0.469 e. The molecule has 1 aliphatic heterocycles. The third-order valence-corrected chi connectivity index (χ3v) is 3.97. The van der Waals surface area contributed by atoms with Crippen LogP contribution in [0.15, 0.2) is 0 Å². The molecule has 1 aromatic heterocycles. The summed E-state index contributed by atoms with van der Waals surface area (Å²) in [5, 5.41) is 4.97. The molecule has 1 aromatic rings. The van der Waals surface area contributed by atoms with E-state index in [1.165, 1.54) is 7.11 Å². The number of esters is 1. The van der Waals surface area contributed by atoms with E-state index < -0.39 is 0 Å². The summed E-state index contributed by atoms with van der Waals surface area (Å²) in [5.74, 6) is -0.243. The molecule has 1 unspecified atom stereocenters. The van der Waals surface area contributed by atoms with E-state index in [4.69, 9.17) is 16.3 Å². The summed E-state index contributed by atoms with van der Waals surface area (Å²) in [4.78, 5) is 13.5. The van der Waals surface area contributed by atoms with Crippen LogP contribution in [0.2, 0.25) is 5.15 Å². The van der Waals surface area contributed by atoms with E-state index in [1.807, 2.05) is 14.0 Å². The highest BCUT2D eigenvalue weighted by Crippen LogP contribution is 2.22. The van der Waals surface area contributed by atoms with Gasteiger partial charge in [0.05, 0.1) is 31.9 Å². The van der Waals surface area contributed by atoms with Crippen molar-refractivity contribution in [1.82, 2.24) is 14.7 Å². The van der Waals surface area contributed by atoms with Gasteiger partial charge in [-0.25, -0.2) is 0 Å². The Morgan fingerprint density at radius 1 is 1.60 bits per heavy atom. The predicted octanol–water partition coefficient (Wildman–Crippen LogP) is 1.15. The van der Waals surface area contributed by atoms with Gasteiger partial charge in [-0.15, -0.1) is 0 Å². The van der Waals surface area contributed by atoms with Gasteiger partial charge in [0.25, 0.3) is 0 Å². The topological polar surface area (TPSA) is 56.6 Å². The third-order valence-electron chi connectivity index (χ3n) is 3.50.